The highest BCUT2D eigenvalue weighted by molar-refractivity contribution is 5.92. The second-order valence-electron chi connectivity index (χ2n) is 7.34. The Morgan fingerprint density at radius 1 is 1.13 bits per heavy atom. The summed E-state index contributed by atoms with van der Waals surface area (Å²) in [5.41, 5.74) is 11.5. The lowest BCUT2D eigenvalue weighted by Gasteiger charge is -2.11. The van der Waals surface area contributed by atoms with Gasteiger partial charge in [0.2, 0.25) is 5.91 Å². The Hall–Kier alpha value is -4.00. The number of amides is 1. The number of H-pyrrole nitrogens is 1. The molecule has 150 valence electrons. The fourth-order valence-corrected chi connectivity index (χ4v) is 3.05. The Balaban J connectivity index is 1.68. The summed E-state index contributed by atoms with van der Waals surface area (Å²) in [6.45, 7) is 7.86. The predicted molar refractivity (Wildman–Crippen MR) is 120 cm³/mol. The van der Waals surface area contributed by atoms with Crippen LogP contribution in [0.5, 0.6) is 0 Å². The van der Waals surface area contributed by atoms with Crippen molar-refractivity contribution < 1.29 is 4.79 Å². The van der Waals surface area contributed by atoms with E-state index in [1.807, 2.05) is 50.2 Å². The number of fused-ring (bicyclic) bond motifs is 1. The zero-order valence-electron chi connectivity index (χ0n) is 16.8. The Bertz CT molecular complexity index is 1220. The van der Waals surface area contributed by atoms with Crippen LogP contribution in [0.1, 0.15) is 25.2 Å². The monoisotopic (exact) mass is 398 g/mol. The molecule has 0 fully saturated rings. The van der Waals surface area contributed by atoms with E-state index in [9.17, 15) is 4.79 Å². The molecular weight excluding hydrogens is 376 g/mol. The molecule has 0 spiro atoms. The number of imidazole rings is 1. The van der Waals surface area contributed by atoms with Gasteiger partial charge in [-0.25, -0.2) is 9.97 Å². The third-order valence-electron chi connectivity index (χ3n) is 4.78. The number of anilines is 2. The maximum Gasteiger partial charge on any atom is 0.226 e. The summed E-state index contributed by atoms with van der Waals surface area (Å²) in [5.74, 6) is 0.813. The van der Waals surface area contributed by atoms with Crippen molar-refractivity contribution in [1.29, 1.82) is 0 Å². The van der Waals surface area contributed by atoms with Crippen molar-refractivity contribution in [2.24, 2.45) is 5.92 Å². The molecule has 4 N–H and O–H groups in total. The van der Waals surface area contributed by atoms with Crippen LogP contribution in [0, 0.1) is 5.92 Å². The van der Waals surface area contributed by atoms with Crippen molar-refractivity contribution in [2.75, 3.05) is 11.1 Å². The standard InChI is InChI=1S/C23H22N6O/c1-13(2)23(30)27-17-8-15(10-25-12-17)16-9-18(21(24)26-11-16)14(3)22-28-19-6-4-5-7-20(19)29-22/h4-13H,3H2,1-2H3,(H2,24,26)(H,27,30)(H,28,29). The molecule has 7 nitrogen and oxygen atoms in total. The van der Waals surface area contributed by atoms with Gasteiger partial charge in [-0.3, -0.25) is 9.78 Å². The number of hydrogen-bond acceptors (Lipinski definition) is 5. The normalized spacial score (nSPS) is 11.0. The van der Waals surface area contributed by atoms with Crippen LogP contribution in [-0.4, -0.2) is 25.8 Å². The van der Waals surface area contributed by atoms with Gasteiger partial charge in [-0.05, 0) is 24.3 Å². The van der Waals surface area contributed by atoms with Gasteiger partial charge in [-0.2, -0.15) is 0 Å². The molecule has 0 bridgehead atoms. The Kier molecular flexibility index (Phi) is 5.02. The van der Waals surface area contributed by atoms with E-state index < -0.39 is 0 Å². The third-order valence-corrected chi connectivity index (χ3v) is 4.78. The molecule has 30 heavy (non-hydrogen) atoms. The molecule has 7 heteroatoms. The number of nitrogen functional groups attached to an aromatic ring is 1. The van der Waals surface area contributed by atoms with E-state index in [1.54, 1.807) is 18.6 Å². The second-order valence-corrected chi connectivity index (χ2v) is 7.34. The van der Waals surface area contributed by atoms with Gasteiger partial charge in [0.15, 0.2) is 0 Å². The maximum absolute atomic E-state index is 12.0. The maximum atomic E-state index is 12.0. The molecule has 0 atom stereocenters. The van der Waals surface area contributed by atoms with Crippen LogP contribution in [0.3, 0.4) is 0 Å². The number of nitrogens with zero attached hydrogens (tertiary/aromatic N) is 3. The summed E-state index contributed by atoms with van der Waals surface area (Å²) in [5, 5.41) is 2.86. The third kappa shape index (κ3) is 3.77. The number of nitrogens with one attached hydrogen (secondary N) is 2. The van der Waals surface area contributed by atoms with E-state index in [4.69, 9.17) is 5.73 Å². The SMILES string of the molecule is C=C(c1nc2ccccc2[nH]1)c1cc(-c2cncc(NC(=O)C(C)C)c2)cnc1N. The number of rotatable bonds is 5. The molecule has 1 amide bonds. The number of pyridine rings is 2. The molecule has 0 aliphatic carbocycles. The van der Waals surface area contributed by atoms with Crippen LogP contribution in [0.4, 0.5) is 11.5 Å². The van der Waals surface area contributed by atoms with Gasteiger partial charge in [0.1, 0.15) is 11.6 Å². The molecule has 3 aromatic heterocycles. The lowest BCUT2D eigenvalue weighted by molar-refractivity contribution is -0.118. The van der Waals surface area contributed by atoms with Crippen molar-refractivity contribution in [1.82, 2.24) is 19.9 Å². The van der Waals surface area contributed by atoms with Crippen LogP contribution < -0.4 is 11.1 Å². The highest BCUT2D eigenvalue weighted by Crippen LogP contribution is 2.30. The minimum Gasteiger partial charge on any atom is -0.383 e. The number of aromatic nitrogens is 4. The van der Waals surface area contributed by atoms with Crippen molar-refractivity contribution in [3.63, 3.8) is 0 Å². The van der Waals surface area contributed by atoms with Crippen molar-refractivity contribution in [2.45, 2.75) is 13.8 Å². The molecule has 0 saturated carbocycles. The van der Waals surface area contributed by atoms with Crippen molar-refractivity contribution in [3.05, 3.63) is 73.0 Å². The first kappa shape index (κ1) is 19.3. The molecule has 0 unspecified atom stereocenters. The number of carbonyl (C=O) groups is 1. The predicted octanol–water partition coefficient (Wildman–Crippen LogP) is 4.26. The molecule has 3 heterocycles. The van der Waals surface area contributed by atoms with Gasteiger partial charge >= 0.3 is 0 Å². The summed E-state index contributed by atoms with van der Waals surface area (Å²) in [6, 6.07) is 11.5. The first-order valence-electron chi connectivity index (χ1n) is 9.58. The largest absolute Gasteiger partial charge is 0.383 e. The van der Waals surface area contributed by atoms with Crippen molar-refractivity contribution in [3.8, 4) is 11.1 Å². The van der Waals surface area contributed by atoms with Crippen LogP contribution in [0.15, 0.2) is 61.6 Å². The molecule has 0 aliphatic rings. The van der Waals surface area contributed by atoms with Crippen LogP contribution in [0.25, 0.3) is 27.7 Å². The summed E-state index contributed by atoms with van der Waals surface area (Å²) in [6.07, 6.45) is 5.00. The Morgan fingerprint density at radius 3 is 2.67 bits per heavy atom. The summed E-state index contributed by atoms with van der Waals surface area (Å²) >= 11 is 0. The minimum atomic E-state index is -0.120. The topological polar surface area (TPSA) is 110 Å². The number of carbonyl (C=O) groups excluding carboxylic acids is 1. The van der Waals surface area contributed by atoms with Gasteiger partial charge in [0.25, 0.3) is 0 Å². The number of benzene rings is 1. The fraction of sp³-hybridized carbons (Fsp3) is 0.130. The van der Waals surface area contributed by atoms with Crippen LogP contribution >= 0.6 is 0 Å². The van der Waals surface area contributed by atoms with Crippen molar-refractivity contribution >= 4 is 34.0 Å². The number of hydrogen-bond donors (Lipinski definition) is 3. The molecule has 0 saturated heterocycles. The van der Waals surface area contributed by atoms with Gasteiger partial charge in [0, 0.05) is 40.6 Å². The Labute approximate surface area is 174 Å². The van der Waals surface area contributed by atoms with Gasteiger partial charge < -0.3 is 16.0 Å². The first-order chi connectivity index (χ1) is 14.4. The fourth-order valence-electron chi connectivity index (χ4n) is 3.05. The summed E-state index contributed by atoms with van der Waals surface area (Å²) < 4.78 is 0. The highest BCUT2D eigenvalue weighted by atomic mass is 16.1. The highest BCUT2D eigenvalue weighted by Gasteiger charge is 2.14. The zero-order valence-corrected chi connectivity index (χ0v) is 16.8. The molecule has 0 radical (unpaired) electrons. The Morgan fingerprint density at radius 2 is 1.90 bits per heavy atom. The molecule has 1 aromatic carbocycles. The molecule has 4 aromatic rings. The van der Waals surface area contributed by atoms with E-state index in [1.165, 1.54) is 0 Å². The van der Waals surface area contributed by atoms with E-state index in [0.29, 0.717) is 28.5 Å². The quantitative estimate of drug-likeness (QED) is 0.465. The summed E-state index contributed by atoms with van der Waals surface area (Å²) in [4.78, 5) is 28.4. The van der Waals surface area contributed by atoms with Gasteiger partial charge in [-0.15, -0.1) is 0 Å². The number of nitrogens with two attached hydrogens (primary N) is 1. The number of aromatic amines is 1. The molecule has 0 aliphatic heterocycles. The number of para-hydroxylation sites is 2. The molecule has 4 rings (SSSR count). The van der Waals surface area contributed by atoms with E-state index in [0.717, 1.165) is 22.2 Å². The zero-order chi connectivity index (χ0) is 21.3. The lowest BCUT2D eigenvalue weighted by atomic mass is 10.0. The second kappa shape index (κ2) is 7.79. The van der Waals surface area contributed by atoms with Crippen LogP contribution in [0.2, 0.25) is 0 Å². The summed E-state index contributed by atoms with van der Waals surface area (Å²) in [7, 11) is 0. The van der Waals surface area contributed by atoms with E-state index >= 15 is 0 Å². The molecular formula is C23H22N6O. The smallest absolute Gasteiger partial charge is 0.226 e. The van der Waals surface area contributed by atoms with E-state index in [-0.39, 0.29) is 11.8 Å². The average Bonchev–Trinajstić information content (AvgIpc) is 3.18. The van der Waals surface area contributed by atoms with Gasteiger partial charge in [-0.1, -0.05) is 32.6 Å². The minimum absolute atomic E-state index is 0.0664. The first-order valence-corrected chi connectivity index (χ1v) is 9.58. The lowest BCUT2D eigenvalue weighted by Crippen LogP contribution is -2.17. The van der Waals surface area contributed by atoms with Gasteiger partial charge in [0.05, 0.1) is 22.9 Å². The average molecular weight is 398 g/mol. The van der Waals surface area contributed by atoms with E-state index in [2.05, 4.69) is 31.8 Å². The van der Waals surface area contributed by atoms with Crippen LogP contribution in [-0.2, 0) is 4.79 Å².